The first kappa shape index (κ1) is 7.03. The molecule has 0 unspecified atom stereocenters. The minimum atomic E-state index is 0.412. The largest absolute Gasteiger partial charge is 0.362 e. The molecule has 1 saturated heterocycles. The van der Waals surface area contributed by atoms with Crippen LogP contribution >= 0.6 is 0 Å². The van der Waals surface area contributed by atoms with Crippen molar-refractivity contribution in [3.63, 3.8) is 0 Å². The Balaban J connectivity index is 2.32. The summed E-state index contributed by atoms with van der Waals surface area (Å²) in [5.41, 5.74) is 0. The summed E-state index contributed by atoms with van der Waals surface area (Å²) in [6.07, 6.45) is 1.53. The van der Waals surface area contributed by atoms with Gasteiger partial charge in [-0.25, -0.2) is 0 Å². The zero-order valence-electron chi connectivity index (χ0n) is 6.26. The molecule has 0 aromatic carbocycles. The van der Waals surface area contributed by atoms with Crippen molar-refractivity contribution < 1.29 is 4.74 Å². The van der Waals surface area contributed by atoms with Gasteiger partial charge in [0.1, 0.15) is 6.23 Å². The third-order valence-electron chi connectivity index (χ3n) is 1.85. The second-order valence-electron chi connectivity index (χ2n) is 2.36. The summed E-state index contributed by atoms with van der Waals surface area (Å²) in [4.78, 5) is 2.36. The van der Waals surface area contributed by atoms with Crippen LogP contribution in [-0.2, 0) is 4.74 Å². The Morgan fingerprint density at radius 2 is 2.33 bits per heavy atom. The van der Waals surface area contributed by atoms with Gasteiger partial charge >= 0.3 is 0 Å². The predicted octanol–water partition coefficient (Wildman–Crippen LogP) is 1.07. The van der Waals surface area contributed by atoms with Crippen molar-refractivity contribution >= 4 is 0 Å². The van der Waals surface area contributed by atoms with E-state index in [1.165, 1.54) is 0 Å². The summed E-state index contributed by atoms with van der Waals surface area (Å²) in [6, 6.07) is 0. The van der Waals surface area contributed by atoms with E-state index in [0.29, 0.717) is 6.23 Å². The van der Waals surface area contributed by atoms with E-state index in [4.69, 9.17) is 4.74 Å². The van der Waals surface area contributed by atoms with Crippen LogP contribution in [0.15, 0.2) is 0 Å². The highest BCUT2D eigenvalue weighted by Crippen LogP contribution is 2.11. The molecular formula is C7H15NO. The standard InChI is InChI=1S/C7H15NO/c1-3-7-8(4-2)5-6-9-7/h7H,3-6H2,1-2H3/t7-/m1/s1. The topological polar surface area (TPSA) is 12.5 Å². The summed E-state index contributed by atoms with van der Waals surface area (Å²) in [5.74, 6) is 0. The SMILES string of the molecule is CC[C@H]1OCCN1CC. The molecule has 0 aromatic rings. The maximum atomic E-state index is 5.43. The second-order valence-corrected chi connectivity index (χ2v) is 2.36. The summed E-state index contributed by atoms with van der Waals surface area (Å²) in [6.45, 7) is 7.51. The quantitative estimate of drug-likeness (QED) is 0.553. The van der Waals surface area contributed by atoms with Gasteiger partial charge in [0.05, 0.1) is 6.61 Å². The van der Waals surface area contributed by atoms with Gasteiger partial charge < -0.3 is 4.74 Å². The van der Waals surface area contributed by atoms with Crippen molar-refractivity contribution in [3.8, 4) is 0 Å². The van der Waals surface area contributed by atoms with Gasteiger partial charge in [-0.3, -0.25) is 4.90 Å². The van der Waals surface area contributed by atoms with Crippen LogP contribution in [-0.4, -0.2) is 30.8 Å². The first-order valence-electron chi connectivity index (χ1n) is 3.74. The van der Waals surface area contributed by atoms with Gasteiger partial charge in [-0.15, -0.1) is 0 Å². The lowest BCUT2D eigenvalue weighted by Gasteiger charge is -2.18. The van der Waals surface area contributed by atoms with E-state index in [1.807, 2.05) is 0 Å². The normalized spacial score (nSPS) is 29.3. The van der Waals surface area contributed by atoms with Crippen molar-refractivity contribution in [2.24, 2.45) is 0 Å². The predicted molar refractivity (Wildman–Crippen MR) is 37.3 cm³/mol. The van der Waals surface area contributed by atoms with Crippen molar-refractivity contribution in [2.75, 3.05) is 19.7 Å². The smallest absolute Gasteiger partial charge is 0.110 e. The maximum Gasteiger partial charge on any atom is 0.110 e. The molecule has 2 nitrogen and oxygen atoms in total. The lowest BCUT2D eigenvalue weighted by atomic mass is 10.4. The Bertz CT molecular complexity index is 75.0. The van der Waals surface area contributed by atoms with Crippen LogP contribution in [0.25, 0.3) is 0 Å². The Kier molecular flexibility index (Phi) is 2.49. The molecule has 1 heterocycles. The van der Waals surface area contributed by atoms with Crippen LogP contribution in [0, 0.1) is 0 Å². The molecular weight excluding hydrogens is 114 g/mol. The molecule has 0 aromatic heterocycles. The van der Waals surface area contributed by atoms with Crippen LogP contribution in [0.4, 0.5) is 0 Å². The molecule has 2 heteroatoms. The first-order chi connectivity index (χ1) is 4.38. The van der Waals surface area contributed by atoms with Crippen LogP contribution in [0.1, 0.15) is 20.3 Å². The molecule has 1 rings (SSSR count). The molecule has 0 spiro atoms. The fourth-order valence-corrected chi connectivity index (χ4v) is 1.29. The van der Waals surface area contributed by atoms with E-state index in [1.54, 1.807) is 0 Å². The molecule has 0 bridgehead atoms. The highest BCUT2D eigenvalue weighted by molar-refractivity contribution is 4.65. The molecule has 1 aliphatic rings. The summed E-state index contributed by atoms with van der Waals surface area (Å²) < 4.78 is 5.43. The fourth-order valence-electron chi connectivity index (χ4n) is 1.29. The Labute approximate surface area is 56.8 Å². The number of ether oxygens (including phenoxy) is 1. The lowest BCUT2D eigenvalue weighted by molar-refractivity contribution is 0.0338. The van der Waals surface area contributed by atoms with Gasteiger partial charge in [0, 0.05) is 6.54 Å². The second kappa shape index (κ2) is 3.18. The molecule has 54 valence electrons. The number of hydrogen-bond acceptors (Lipinski definition) is 2. The van der Waals surface area contributed by atoms with E-state index in [9.17, 15) is 0 Å². The summed E-state index contributed by atoms with van der Waals surface area (Å²) >= 11 is 0. The van der Waals surface area contributed by atoms with E-state index in [0.717, 1.165) is 26.1 Å². The van der Waals surface area contributed by atoms with Gasteiger partial charge in [0.15, 0.2) is 0 Å². The average Bonchev–Trinajstić information content (AvgIpc) is 2.33. The van der Waals surface area contributed by atoms with Gasteiger partial charge in [-0.05, 0) is 13.0 Å². The third kappa shape index (κ3) is 1.43. The van der Waals surface area contributed by atoms with Gasteiger partial charge in [0.25, 0.3) is 0 Å². The molecule has 1 fully saturated rings. The molecule has 0 saturated carbocycles. The van der Waals surface area contributed by atoms with E-state index in [-0.39, 0.29) is 0 Å². The molecule has 9 heavy (non-hydrogen) atoms. The lowest BCUT2D eigenvalue weighted by Crippen LogP contribution is -2.28. The Morgan fingerprint density at radius 3 is 2.78 bits per heavy atom. The third-order valence-corrected chi connectivity index (χ3v) is 1.85. The van der Waals surface area contributed by atoms with Gasteiger partial charge in [-0.1, -0.05) is 13.8 Å². The van der Waals surface area contributed by atoms with E-state index >= 15 is 0 Å². The number of nitrogens with zero attached hydrogens (tertiary/aromatic N) is 1. The van der Waals surface area contributed by atoms with Crippen LogP contribution < -0.4 is 0 Å². The van der Waals surface area contributed by atoms with Crippen molar-refractivity contribution in [1.29, 1.82) is 0 Å². The van der Waals surface area contributed by atoms with E-state index in [2.05, 4.69) is 18.7 Å². The van der Waals surface area contributed by atoms with Gasteiger partial charge in [0.2, 0.25) is 0 Å². The fraction of sp³-hybridized carbons (Fsp3) is 1.00. The minimum absolute atomic E-state index is 0.412. The van der Waals surface area contributed by atoms with E-state index < -0.39 is 0 Å². The van der Waals surface area contributed by atoms with Crippen LogP contribution in [0.5, 0.6) is 0 Å². The van der Waals surface area contributed by atoms with Crippen molar-refractivity contribution in [3.05, 3.63) is 0 Å². The number of likely N-dealkylation sites (N-methyl/N-ethyl adjacent to an activating group) is 1. The molecule has 0 radical (unpaired) electrons. The van der Waals surface area contributed by atoms with Crippen LogP contribution in [0.3, 0.4) is 0 Å². The maximum absolute atomic E-state index is 5.43. The average molecular weight is 129 g/mol. The Hall–Kier alpha value is -0.0800. The van der Waals surface area contributed by atoms with Crippen molar-refractivity contribution in [1.82, 2.24) is 4.90 Å². The zero-order chi connectivity index (χ0) is 6.69. The highest BCUT2D eigenvalue weighted by Gasteiger charge is 2.20. The Morgan fingerprint density at radius 1 is 1.56 bits per heavy atom. The minimum Gasteiger partial charge on any atom is -0.362 e. The molecule has 0 N–H and O–H groups in total. The number of hydrogen-bond donors (Lipinski definition) is 0. The zero-order valence-corrected chi connectivity index (χ0v) is 6.26. The molecule has 0 amide bonds. The number of rotatable bonds is 2. The van der Waals surface area contributed by atoms with Crippen LogP contribution in [0.2, 0.25) is 0 Å². The summed E-state index contributed by atoms with van der Waals surface area (Å²) in [5, 5.41) is 0. The molecule has 0 aliphatic carbocycles. The van der Waals surface area contributed by atoms with Gasteiger partial charge in [-0.2, -0.15) is 0 Å². The first-order valence-corrected chi connectivity index (χ1v) is 3.74. The monoisotopic (exact) mass is 129 g/mol. The summed E-state index contributed by atoms with van der Waals surface area (Å²) in [7, 11) is 0. The van der Waals surface area contributed by atoms with Crippen molar-refractivity contribution in [2.45, 2.75) is 26.5 Å². The molecule has 1 atom stereocenters. The molecule has 1 aliphatic heterocycles. The highest BCUT2D eigenvalue weighted by atomic mass is 16.5.